The monoisotopic (exact) mass is 227 g/mol. The molecule has 0 heterocycles. The first-order chi connectivity index (χ1) is 6.87. The van der Waals surface area contributed by atoms with E-state index < -0.39 is 12.6 Å². The number of nitrogens with two attached hydrogens (primary N) is 1. The molecule has 2 unspecified atom stereocenters. The molecular formula is C10H20F3NO. The average molecular weight is 227 g/mol. The van der Waals surface area contributed by atoms with Gasteiger partial charge in [-0.3, -0.25) is 0 Å². The van der Waals surface area contributed by atoms with Crippen molar-refractivity contribution >= 4 is 0 Å². The first-order valence-corrected chi connectivity index (χ1v) is 5.27. The molecule has 0 aliphatic carbocycles. The van der Waals surface area contributed by atoms with Crippen molar-refractivity contribution in [3.8, 4) is 0 Å². The van der Waals surface area contributed by atoms with E-state index in [0.29, 0.717) is 12.5 Å². The standard InChI is InChI=1S/C10H20F3NO/c1-3-8(2)9(14)7-15-6-4-5-10(11,12)13/h8-9H,3-7,14H2,1-2H3. The van der Waals surface area contributed by atoms with Gasteiger partial charge in [0.05, 0.1) is 6.61 Å². The first kappa shape index (κ1) is 14.7. The van der Waals surface area contributed by atoms with Crippen LogP contribution in [0.15, 0.2) is 0 Å². The minimum Gasteiger partial charge on any atom is -0.380 e. The minimum atomic E-state index is -4.08. The molecule has 5 heteroatoms. The van der Waals surface area contributed by atoms with Gasteiger partial charge in [-0.1, -0.05) is 20.3 Å². The topological polar surface area (TPSA) is 35.2 Å². The fourth-order valence-corrected chi connectivity index (χ4v) is 1.06. The summed E-state index contributed by atoms with van der Waals surface area (Å²) in [5.41, 5.74) is 5.75. The molecule has 0 aromatic carbocycles. The fraction of sp³-hybridized carbons (Fsp3) is 1.00. The maximum atomic E-state index is 11.7. The highest BCUT2D eigenvalue weighted by molar-refractivity contribution is 4.66. The zero-order chi connectivity index (χ0) is 11.9. The largest absolute Gasteiger partial charge is 0.389 e. The van der Waals surface area contributed by atoms with Crippen molar-refractivity contribution < 1.29 is 17.9 Å². The van der Waals surface area contributed by atoms with Gasteiger partial charge in [0, 0.05) is 19.1 Å². The summed E-state index contributed by atoms with van der Waals surface area (Å²) < 4.78 is 40.3. The fourth-order valence-electron chi connectivity index (χ4n) is 1.06. The van der Waals surface area contributed by atoms with Gasteiger partial charge in [0.2, 0.25) is 0 Å². The summed E-state index contributed by atoms with van der Waals surface area (Å²) >= 11 is 0. The van der Waals surface area contributed by atoms with Crippen molar-refractivity contribution in [2.45, 2.75) is 45.3 Å². The molecule has 0 fully saturated rings. The molecule has 0 amide bonds. The average Bonchev–Trinajstić information content (AvgIpc) is 2.14. The van der Waals surface area contributed by atoms with E-state index in [4.69, 9.17) is 10.5 Å². The van der Waals surface area contributed by atoms with Crippen LogP contribution < -0.4 is 5.73 Å². The number of hydrogen-bond donors (Lipinski definition) is 1. The Balaban J connectivity index is 3.39. The summed E-state index contributed by atoms with van der Waals surface area (Å²) in [6.07, 6.45) is -3.91. The molecule has 15 heavy (non-hydrogen) atoms. The lowest BCUT2D eigenvalue weighted by atomic mass is 10.0. The third-order valence-electron chi connectivity index (χ3n) is 2.43. The van der Waals surface area contributed by atoms with Gasteiger partial charge in [0.25, 0.3) is 0 Å². The summed E-state index contributed by atoms with van der Waals surface area (Å²) in [7, 11) is 0. The summed E-state index contributed by atoms with van der Waals surface area (Å²) in [5.74, 6) is 0.340. The van der Waals surface area contributed by atoms with Gasteiger partial charge in [-0.15, -0.1) is 0 Å². The second kappa shape index (κ2) is 7.06. The molecule has 0 saturated heterocycles. The Morgan fingerprint density at radius 1 is 1.33 bits per heavy atom. The van der Waals surface area contributed by atoms with Crippen LogP contribution in [0.2, 0.25) is 0 Å². The van der Waals surface area contributed by atoms with Crippen molar-refractivity contribution in [1.29, 1.82) is 0 Å². The van der Waals surface area contributed by atoms with E-state index in [2.05, 4.69) is 0 Å². The molecule has 0 aliphatic heterocycles. The number of hydrogen-bond acceptors (Lipinski definition) is 2. The molecule has 2 nitrogen and oxygen atoms in total. The van der Waals surface area contributed by atoms with Gasteiger partial charge in [0.15, 0.2) is 0 Å². The number of halogens is 3. The predicted octanol–water partition coefficient (Wildman–Crippen LogP) is 2.72. The van der Waals surface area contributed by atoms with Gasteiger partial charge in [0.1, 0.15) is 0 Å². The van der Waals surface area contributed by atoms with Crippen LogP contribution in [0.4, 0.5) is 13.2 Å². The van der Waals surface area contributed by atoms with Crippen molar-refractivity contribution in [3.05, 3.63) is 0 Å². The van der Waals surface area contributed by atoms with Crippen LogP contribution in [0.25, 0.3) is 0 Å². The van der Waals surface area contributed by atoms with Crippen molar-refractivity contribution in [2.75, 3.05) is 13.2 Å². The second-order valence-corrected chi connectivity index (χ2v) is 3.84. The Labute approximate surface area is 89.0 Å². The summed E-state index contributed by atoms with van der Waals surface area (Å²) in [4.78, 5) is 0. The molecular weight excluding hydrogens is 207 g/mol. The van der Waals surface area contributed by atoms with E-state index in [1.54, 1.807) is 0 Å². The van der Waals surface area contributed by atoms with Gasteiger partial charge in [-0.2, -0.15) is 13.2 Å². The first-order valence-electron chi connectivity index (χ1n) is 5.27. The predicted molar refractivity (Wildman–Crippen MR) is 53.5 cm³/mol. The van der Waals surface area contributed by atoms with Crippen LogP contribution in [0.1, 0.15) is 33.1 Å². The molecule has 0 saturated carbocycles. The lowest BCUT2D eigenvalue weighted by molar-refractivity contribution is -0.138. The van der Waals surface area contributed by atoms with Gasteiger partial charge in [-0.05, 0) is 12.3 Å². The van der Waals surface area contributed by atoms with Crippen LogP contribution in [-0.4, -0.2) is 25.4 Å². The maximum absolute atomic E-state index is 11.7. The summed E-state index contributed by atoms with van der Waals surface area (Å²) in [6, 6.07) is -0.0825. The van der Waals surface area contributed by atoms with Crippen LogP contribution >= 0.6 is 0 Å². The Morgan fingerprint density at radius 2 is 1.93 bits per heavy atom. The molecule has 0 spiro atoms. The Bertz CT molecular complexity index is 161. The van der Waals surface area contributed by atoms with E-state index in [9.17, 15) is 13.2 Å². The van der Waals surface area contributed by atoms with Crippen molar-refractivity contribution in [1.82, 2.24) is 0 Å². The molecule has 0 aliphatic rings. The van der Waals surface area contributed by atoms with E-state index in [0.717, 1.165) is 6.42 Å². The molecule has 0 bridgehead atoms. The lowest BCUT2D eigenvalue weighted by Gasteiger charge is -2.18. The molecule has 2 atom stereocenters. The normalized spacial score (nSPS) is 16.4. The van der Waals surface area contributed by atoms with Gasteiger partial charge < -0.3 is 10.5 Å². The third kappa shape index (κ3) is 8.69. The second-order valence-electron chi connectivity index (χ2n) is 3.84. The van der Waals surface area contributed by atoms with Crippen molar-refractivity contribution in [2.24, 2.45) is 11.7 Å². The third-order valence-corrected chi connectivity index (χ3v) is 2.43. The summed E-state index contributed by atoms with van der Waals surface area (Å²) in [6.45, 7) is 4.49. The highest BCUT2D eigenvalue weighted by Gasteiger charge is 2.25. The lowest BCUT2D eigenvalue weighted by Crippen LogP contribution is -2.33. The van der Waals surface area contributed by atoms with Crippen LogP contribution in [0.3, 0.4) is 0 Å². The molecule has 0 radical (unpaired) electrons. The number of alkyl halides is 3. The molecule has 0 aromatic rings. The van der Waals surface area contributed by atoms with Crippen LogP contribution in [0, 0.1) is 5.92 Å². The Hall–Kier alpha value is -0.290. The van der Waals surface area contributed by atoms with E-state index in [1.165, 1.54) is 0 Å². The SMILES string of the molecule is CCC(C)C(N)COCCCC(F)(F)F. The summed E-state index contributed by atoms with van der Waals surface area (Å²) in [5, 5.41) is 0. The van der Waals surface area contributed by atoms with Crippen LogP contribution in [0.5, 0.6) is 0 Å². The number of ether oxygens (including phenoxy) is 1. The number of rotatable bonds is 7. The molecule has 92 valence electrons. The zero-order valence-electron chi connectivity index (χ0n) is 9.31. The highest BCUT2D eigenvalue weighted by atomic mass is 19.4. The smallest absolute Gasteiger partial charge is 0.380 e. The van der Waals surface area contributed by atoms with Gasteiger partial charge >= 0.3 is 6.18 Å². The minimum absolute atomic E-state index is 0.0106. The van der Waals surface area contributed by atoms with E-state index in [1.807, 2.05) is 13.8 Å². The highest BCUT2D eigenvalue weighted by Crippen LogP contribution is 2.21. The zero-order valence-corrected chi connectivity index (χ0v) is 9.31. The van der Waals surface area contributed by atoms with Crippen molar-refractivity contribution in [3.63, 3.8) is 0 Å². The quantitative estimate of drug-likeness (QED) is 0.679. The van der Waals surface area contributed by atoms with E-state index >= 15 is 0 Å². The van der Waals surface area contributed by atoms with Crippen LogP contribution in [-0.2, 0) is 4.74 Å². The Kier molecular flexibility index (Phi) is 6.92. The molecule has 0 aromatic heterocycles. The van der Waals surface area contributed by atoms with Gasteiger partial charge in [-0.25, -0.2) is 0 Å². The molecule has 0 rings (SSSR count). The van der Waals surface area contributed by atoms with E-state index in [-0.39, 0.29) is 19.1 Å². The maximum Gasteiger partial charge on any atom is 0.389 e. The molecule has 2 N–H and O–H groups in total. The Morgan fingerprint density at radius 3 is 2.40 bits per heavy atom.